The molecule has 0 aliphatic carbocycles. The lowest BCUT2D eigenvalue weighted by molar-refractivity contribution is 0.102. The summed E-state index contributed by atoms with van der Waals surface area (Å²) in [6.45, 7) is 0. The number of carbonyl (C=O) groups is 1. The summed E-state index contributed by atoms with van der Waals surface area (Å²) in [6.07, 6.45) is 1.54. The van der Waals surface area contributed by atoms with Gasteiger partial charge in [-0.15, -0.1) is 10.2 Å². The molecule has 136 valence electrons. The quantitative estimate of drug-likeness (QED) is 0.529. The number of ether oxygens (including phenoxy) is 1. The minimum atomic E-state index is -0.383. The zero-order valence-corrected chi connectivity index (χ0v) is 16.1. The number of halogens is 2. The maximum atomic E-state index is 12.7. The first-order valence-corrected chi connectivity index (χ1v) is 9.24. The third-order valence-electron chi connectivity index (χ3n) is 3.71. The lowest BCUT2D eigenvalue weighted by Gasteiger charge is -2.12. The van der Waals surface area contributed by atoms with Crippen molar-refractivity contribution in [3.8, 4) is 16.3 Å². The number of carbonyl (C=O) groups excluding carboxylic acids is 1. The highest BCUT2D eigenvalue weighted by Gasteiger charge is 2.17. The molecule has 1 N–H and O–H groups in total. The molecule has 0 aliphatic heterocycles. The SMILES string of the molecule is COc1c(Cl)cc(Cl)cc1C(=O)Nc1cccc(-c2nn3cnnc3s2)c1. The first-order chi connectivity index (χ1) is 13.0. The summed E-state index contributed by atoms with van der Waals surface area (Å²) in [6, 6.07) is 10.4. The van der Waals surface area contributed by atoms with Gasteiger partial charge in [0.15, 0.2) is 0 Å². The van der Waals surface area contributed by atoms with Crippen molar-refractivity contribution in [2.24, 2.45) is 0 Å². The Labute approximate surface area is 167 Å². The van der Waals surface area contributed by atoms with Gasteiger partial charge in [-0.2, -0.15) is 9.61 Å². The van der Waals surface area contributed by atoms with Crippen molar-refractivity contribution in [2.45, 2.75) is 0 Å². The number of aromatic nitrogens is 4. The second kappa shape index (κ2) is 7.15. The highest BCUT2D eigenvalue weighted by atomic mass is 35.5. The van der Waals surface area contributed by atoms with E-state index >= 15 is 0 Å². The third kappa shape index (κ3) is 3.46. The summed E-state index contributed by atoms with van der Waals surface area (Å²) >= 11 is 13.5. The van der Waals surface area contributed by atoms with Crippen LogP contribution in [-0.2, 0) is 0 Å². The van der Waals surface area contributed by atoms with Crippen LogP contribution in [0.4, 0.5) is 5.69 Å². The Morgan fingerprint density at radius 3 is 2.89 bits per heavy atom. The Hall–Kier alpha value is -2.68. The monoisotopic (exact) mass is 419 g/mol. The average Bonchev–Trinajstić information content (AvgIpc) is 3.23. The zero-order chi connectivity index (χ0) is 19.0. The predicted molar refractivity (Wildman–Crippen MR) is 105 cm³/mol. The van der Waals surface area contributed by atoms with Crippen molar-refractivity contribution in [3.05, 3.63) is 58.3 Å². The average molecular weight is 420 g/mol. The number of nitrogens with one attached hydrogen (secondary N) is 1. The van der Waals surface area contributed by atoms with Gasteiger partial charge in [0.2, 0.25) is 4.96 Å². The lowest BCUT2D eigenvalue weighted by atomic mass is 10.1. The fourth-order valence-electron chi connectivity index (χ4n) is 2.54. The number of rotatable bonds is 4. The molecule has 0 aliphatic rings. The van der Waals surface area contributed by atoms with Gasteiger partial charge in [-0.3, -0.25) is 4.79 Å². The minimum Gasteiger partial charge on any atom is -0.494 e. The van der Waals surface area contributed by atoms with Crippen LogP contribution in [0, 0.1) is 0 Å². The summed E-state index contributed by atoms with van der Waals surface area (Å²) in [4.78, 5) is 13.4. The number of fused-ring (bicyclic) bond motifs is 1. The Morgan fingerprint density at radius 1 is 1.26 bits per heavy atom. The molecule has 0 radical (unpaired) electrons. The molecule has 0 saturated heterocycles. The summed E-state index contributed by atoms with van der Waals surface area (Å²) in [5.74, 6) is -0.116. The van der Waals surface area contributed by atoms with Crippen LogP contribution in [-0.4, -0.2) is 32.8 Å². The first-order valence-electron chi connectivity index (χ1n) is 7.67. The number of benzene rings is 2. The van der Waals surface area contributed by atoms with Gasteiger partial charge in [0.1, 0.15) is 17.1 Å². The molecule has 1 amide bonds. The molecular formula is C17H11Cl2N5O2S. The van der Waals surface area contributed by atoms with Crippen LogP contribution in [0.25, 0.3) is 15.5 Å². The largest absolute Gasteiger partial charge is 0.494 e. The summed E-state index contributed by atoms with van der Waals surface area (Å²) in [5.41, 5.74) is 1.69. The normalized spacial score (nSPS) is 10.9. The molecule has 0 fully saturated rings. The molecule has 2 aromatic carbocycles. The molecule has 2 heterocycles. The van der Waals surface area contributed by atoms with Crippen LogP contribution in [0.2, 0.25) is 10.0 Å². The number of nitrogens with zero attached hydrogens (tertiary/aromatic N) is 4. The molecule has 0 atom stereocenters. The van der Waals surface area contributed by atoms with Crippen LogP contribution in [0.15, 0.2) is 42.7 Å². The second-order valence-corrected chi connectivity index (χ2v) is 7.27. The van der Waals surface area contributed by atoms with Crippen LogP contribution < -0.4 is 10.1 Å². The van der Waals surface area contributed by atoms with E-state index in [1.165, 1.54) is 36.9 Å². The molecule has 4 rings (SSSR count). The third-order valence-corrected chi connectivity index (χ3v) is 5.17. The van der Waals surface area contributed by atoms with Gasteiger partial charge in [0.25, 0.3) is 5.91 Å². The molecule has 2 aromatic heterocycles. The molecule has 4 aromatic rings. The summed E-state index contributed by atoms with van der Waals surface area (Å²) in [7, 11) is 1.44. The molecule has 0 saturated carbocycles. The van der Waals surface area contributed by atoms with E-state index in [1.54, 1.807) is 10.6 Å². The van der Waals surface area contributed by atoms with E-state index in [9.17, 15) is 4.79 Å². The second-order valence-electron chi connectivity index (χ2n) is 5.47. The maximum Gasteiger partial charge on any atom is 0.259 e. The van der Waals surface area contributed by atoms with Crippen molar-refractivity contribution in [1.29, 1.82) is 0 Å². The summed E-state index contributed by atoms with van der Waals surface area (Å²) < 4.78 is 6.83. The number of anilines is 1. The van der Waals surface area contributed by atoms with E-state index in [-0.39, 0.29) is 22.2 Å². The molecule has 7 nitrogen and oxygen atoms in total. The Morgan fingerprint density at radius 2 is 2.11 bits per heavy atom. The smallest absolute Gasteiger partial charge is 0.259 e. The van der Waals surface area contributed by atoms with E-state index in [0.29, 0.717) is 15.7 Å². The van der Waals surface area contributed by atoms with Crippen LogP contribution >= 0.6 is 34.5 Å². The van der Waals surface area contributed by atoms with E-state index in [2.05, 4.69) is 20.6 Å². The standard InChI is InChI=1S/C17H11Cl2N5O2S/c1-26-14-12(6-10(18)7-13(14)19)15(25)21-11-4-2-3-9(5-11)16-23-24-8-20-22-17(24)27-16/h2-8H,1H3,(H,21,25). The molecule has 27 heavy (non-hydrogen) atoms. The van der Waals surface area contributed by atoms with Crippen LogP contribution in [0.1, 0.15) is 10.4 Å². The molecule has 0 unspecified atom stereocenters. The van der Waals surface area contributed by atoms with Gasteiger partial charge in [-0.25, -0.2) is 0 Å². The van der Waals surface area contributed by atoms with E-state index in [4.69, 9.17) is 27.9 Å². The van der Waals surface area contributed by atoms with Gasteiger partial charge >= 0.3 is 0 Å². The van der Waals surface area contributed by atoms with Crippen molar-refractivity contribution in [3.63, 3.8) is 0 Å². The highest BCUT2D eigenvalue weighted by Crippen LogP contribution is 2.33. The Balaban J connectivity index is 1.64. The van der Waals surface area contributed by atoms with Crippen molar-refractivity contribution >= 4 is 51.1 Å². The minimum absolute atomic E-state index is 0.249. The number of hydrogen-bond acceptors (Lipinski definition) is 6. The zero-order valence-electron chi connectivity index (χ0n) is 13.8. The lowest BCUT2D eigenvalue weighted by Crippen LogP contribution is -2.13. The van der Waals surface area contributed by atoms with Crippen LogP contribution in [0.3, 0.4) is 0 Å². The number of hydrogen-bond donors (Lipinski definition) is 1. The van der Waals surface area contributed by atoms with E-state index in [1.807, 2.05) is 18.2 Å². The van der Waals surface area contributed by atoms with Crippen molar-refractivity contribution in [2.75, 3.05) is 12.4 Å². The van der Waals surface area contributed by atoms with Gasteiger partial charge in [0, 0.05) is 16.3 Å². The van der Waals surface area contributed by atoms with E-state index in [0.717, 1.165) is 10.6 Å². The van der Waals surface area contributed by atoms with E-state index < -0.39 is 0 Å². The molecule has 0 spiro atoms. The molecule has 10 heteroatoms. The van der Waals surface area contributed by atoms with Gasteiger partial charge in [-0.1, -0.05) is 46.7 Å². The Kier molecular flexibility index (Phi) is 4.69. The fraction of sp³-hybridized carbons (Fsp3) is 0.0588. The topological polar surface area (TPSA) is 81.4 Å². The Bertz CT molecular complexity index is 1130. The predicted octanol–water partition coefficient (Wildman–Crippen LogP) is 4.42. The highest BCUT2D eigenvalue weighted by molar-refractivity contribution is 7.19. The van der Waals surface area contributed by atoms with Crippen molar-refractivity contribution in [1.82, 2.24) is 19.8 Å². The van der Waals surface area contributed by atoms with Gasteiger partial charge in [0.05, 0.1) is 17.7 Å². The molecular weight excluding hydrogens is 409 g/mol. The van der Waals surface area contributed by atoms with Crippen molar-refractivity contribution < 1.29 is 9.53 Å². The first kappa shape index (κ1) is 17.7. The number of methoxy groups -OCH3 is 1. The van der Waals surface area contributed by atoms with Crippen LogP contribution in [0.5, 0.6) is 5.75 Å². The molecule has 0 bridgehead atoms. The number of amides is 1. The fourth-order valence-corrected chi connectivity index (χ4v) is 3.93. The summed E-state index contributed by atoms with van der Waals surface area (Å²) in [5, 5.41) is 16.4. The van der Waals surface area contributed by atoms with Gasteiger partial charge < -0.3 is 10.1 Å². The maximum absolute atomic E-state index is 12.7. The van der Waals surface area contributed by atoms with Gasteiger partial charge in [-0.05, 0) is 24.3 Å².